The van der Waals surface area contributed by atoms with Crippen LogP contribution in [0.5, 0.6) is 0 Å². The van der Waals surface area contributed by atoms with Gasteiger partial charge in [-0.2, -0.15) is 0 Å². The minimum Gasteiger partial charge on any atom is -0.354 e. The average Bonchev–Trinajstić information content (AvgIpc) is 2.77. The fourth-order valence-electron chi connectivity index (χ4n) is 2.89. The molecule has 2 fully saturated rings. The Hall–Kier alpha value is -1.10. The van der Waals surface area contributed by atoms with E-state index in [9.17, 15) is 9.59 Å². The normalized spacial score (nSPS) is 28.8. The predicted octanol–water partition coefficient (Wildman–Crippen LogP) is 0.0984. The maximum absolute atomic E-state index is 12.2. The van der Waals surface area contributed by atoms with E-state index < -0.39 is 0 Å². The van der Waals surface area contributed by atoms with Crippen LogP contribution in [-0.2, 0) is 9.59 Å². The fourth-order valence-corrected chi connectivity index (χ4v) is 2.89. The van der Waals surface area contributed by atoms with Crippen molar-refractivity contribution in [3.63, 3.8) is 0 Å². The predicted molar refractivity (Wildman–Crippen MR) is 68.7 cm³/mol. The Labute approximate surface area is 108 Å². The van der Waals surface area contributed by atoms with Gasteiger partial charge in [0.05, 0.1) is 12.0 Å². The molecule has 0 spiro atoms. The molecule has 2 aliphatic heterocycles. The first kappa shape index (κ1) is 13.3. The summed E-state index contributed by atoms with van der Waals surface area (Å²) in [5, 5.41) is 2.87. The highest BCUT2D eigenvalue weighted by Gasteiger charge is 2.42. The number of nitrogens with zero attached hydrogens (tertiary/aromatic N) is 1. The van der Waals surface area contributed by atoms with E-state index in [-0.39, 0.29) is 23.8 Å². The Morgan fingerprint density at radius 1 is 1.61 bits per heavy atom. The number of carbonyl (C=O) groups excluding carboxylic acids is 2. The third-order valence-electron chi connectivity index (χ3n) is 4.17. The van der Waals surface area contributed by atoms with Gasteiger partial charge in [-0.15, -0.1) is 0 Å². The van der Waals surface area contributed by atoms with Gasteiger partial charge in [0.1, 0.15) is 0 Å². The van der Waals surface area contributed by atoms with Crippen LogP contribution in [0.2, 0.25) is 0 Å². The van der Waals surface area contributed by atoms with Crippen molar-refractivity contribution in [3.05, 3.63) is 0 Å². The zero-order valence-electron chi connectivity index (χ0n) is 11.0. The Bertz CT molecular complexity index is 332. The van der Waals surface area contributed by atoms with Crippen molar-refractivity contribution in [2.75, 3.05) is 19.6 Å². The molecule has 5 heteroatoms. The lowest BCUT2D eigenvalue weighted by Gasteiger charge is -2.36. The topological polar surface area (TPSA) is 75.4 Å². The Morgan fingerprint density at radius 2 is 2.39 bits per heavy atom. The number of hydrogen-bond acceptors (Lipinski definition) is 3. The number of piperidine rings is 1. The molecule has 18 heavy (non-hydrogen) atoms. The number of likely N-dealkylation sites (tertiary alicyclic amines) is 1. The highest BCUT2D eigenvalue weighted by atomic mass is 16.2. The summed E-state index contributed by atoms with van der Waals surface area (Å²) in [6, 6.07) is 0.0898. The Morgan fingerprint density at radius 3 is 3.11 bits per heavy atom. The molecule has 2 amide bonds. The highest BCUT2D eigenvalue weighted by molar-refractivity contribution is 5.84. The summed E-state index contributed by atoms with van der Waals surface area (Å²) in [5.74, 6) is 0.710. The van der Waals surface area contributed by atoms with Gasteiger partial charge >= 0.3 is 0 Å². The smallest absolute Gasteiger partial charge is 0.225 e. The maximum Gasteiger partial charge on any atom is 0.225 e. The Kier molecular flexibility index (Phi) is 4.22. The number of nitrogens with one attached hydrogen (secondary N) is 1. The van der Waals surface area contributed by atoms with Crippen LogP contribution in [0.3, 0.4) is 0 Å². The summed E-state index contributed by atoms with van der Waals surface area (Å²) >= 11 is 0. The molecule has 2 aliphatic rings. The molecular weight excluding hydrogens is 230 g/mol. The van der Waals surface area contributed by atoms with E-state index in [1.807, 2.05) is 4.90 Å². The third kappa shape index (κ3) is 2.66. The molecule has 3 N–H and O–H groups in total. The van der Waals surface area contributed by atoms with Crippen molar-refractivity contribution in [1.29, 1.82) is 0 Å². The van der Waals surface area contributed by atoms with Crippen molar-refractivity contribution in [2.24, 2.45) is 17.6 Å². The lowest BCUT2D eigenvalue weighted by Crippen LogP contribution is -2.48. The van der Waals surface area contributed by atoms with Crippen LogP contribution in [0.15, 0.2) is 0 Å². The van der Waals surface area contributed by atoms with E-state index in [4.69, 9.17) is 5.73 Å². The average molecular weight is 253 g/mol. The van der Waals surface area contributed by atoms with Gasteiger partial charge in [-0.05, 0) is 31.7 Å². The molecule has 5 nitrogen and oxygen atoms in total. The second-order valence-corrected chi connectivity index (χ2v) is 5.53. The minimum absolute atomic E-state index is 0.0228. The number of amides is 2. The Balaban J connectivity index is 1.91. The van der Waals surface area contributed by atoms with Crippen LogP contribution < -0.4 is 11.1 Å². The summed E-state index contributed by atoms with van der Waals surface area (Å²) in [7, 11) is 0. The van der Waals surface area contributed by atoms with E-state index in [0.29, 0.717) is 25.4 Å². The molecule has 0 bridgehead atoms. The van der Waals surface area contributed by atoms with E-state index in [2.05, 4.69) is 12.2 Å². The number of rotatable bonds is 4. The van der Waals surface area contributed by atoms with Crippen LogP contribution in [0.1, 0.15) is 32.6 Å². The van der Waals surface area contributed by atoms with E-state index in [0.717, 1.165) is 25.8 Å². The summed E-state index contributed by atoms with van der Waals surface area (Å²) in [6.45, 7) is 4.11. The summed E-state index contributed by atoms with van der Waals surface area (Å²) < 4.78 is 0. The SMILES string of the molecule is CC(CN)CCC(=O)N1CCCC2C(=O)NCC21. The monoisotopic (exact) mass is 253 g/mol. The number of hydrogen-bond donors (Lipinski definition) is 2. The van der Waals surface area contributed by atoms with Crippen LogP contribution in [0, 0.1) is 11.8 Å². The van der Waals surface area contributed by atoms with Crippen molar-refractivity contribution >= 4 is 11.8 Å². The molecule has 3 atom stereocenters. The second kappa shape index (κ2) is 5.69. The lowest BCUT2D eigenvalue weighted by atomic mass is 9.91. The maximum atomic E-state index is 12.2. The van der Waals surface area contributed by atoms with E-state index >= 15 is 0 Å². The molecular formula is C13H23N3O2. The standard InChI is InChI=1S/C13H23N3O2/c1-9(7-14)4-5-12(17)16-6-2-3-10-11(16)8-15-13(10)18/h9-11H,2-8,14H2,1H3,(H,15,18). The number of nitrogens with two attached hydrogens (primary N) is 1. The largest absolute Gasteiger partial charge is 0.354 e. The molecule has 2 heterocycles. The molecule has 0 aliphatic carbocycles. The summed E-state index contributed by atoms with van der Waals surface area (Å²) in [6.07, 6.45) is 3.24. The molecule has 3 unspecified atom stereocenters. The van der Waals surface area contributed by atoms with Gasteiger partial charge in [-0.25, -0.2) is 0 Å². The highest BCUT2D eigenvalue weighted by Crippen LogP contribution is 2.28. The minimum atomic E-state index is 0.0228. The van der Waals surface area contributed by atoms with Crippen molar-refractivity contribution in [1.82, 2.24) is 10.2 Å². The number of carbonyl (C=O) groups is 2. The van der Waals surface area contributed by atoms with Gasteiger partial charge in [0, 0.05) is 19.5 Å². The lowest BCUT2D eigenvalue weighted by molar-refractivity contribution is -0.137. The van der Waals surface area contributed by atoms with Crippen molar-refractivity contribution in [3.8, 4) is 0 Å². The van der Waals surface area contributed by atoms with Gasteiger partial charge in [-0.1, -0.05) is 6.92 Å². The molecule has 0 saturated carbocycles. The zero-order valence-corrected chi connectivity index (χ0v) is 11.0. The van der Waals surface area contributed by atoms with Gasteiger partial charge in [0.15, 0.2) is 0 Å². The van der Waals surface area contributed by atoms with Crippen LogP contribution in [0.25, 0.3) is 0 Å². The second-order valence-electron chi connectivity index (χ2n) is 5.53. The number of fused-ring (bicyclic) bond motifs is 1. The van der Waals surface area contributed by atoms with Gasteiger partial charge in [0.2, 0.25) is 11.8 Å². The van der Waals surface area contributed by atoms with E-state index in [1.165, 1.54) is 0 Å². The first-order chi connectivity index (χ1) is 8.63. The molecule has 102 valence electrons. The fraction of sp³-hybridized carbons (Fsp3) is 0.846. The van der Waals surface area contributed by atoms with Crippen molar-refractivity contribution in [2.45, 2.75) is 38.6 Å². The first-order valence-electron chi connectivity index (χ1n) is 6.90. The molecule has 0 aromatic carbocycles. The quantitative estimate of drug-likeness (QED) is 0.746. The van der Waals surface area contributed by atoms with Crippen LogP contribution in [-0.4, -0.2) is 42.4 Å². The first-order valence-corrected chi connectivity index (χ1v) is 6.90. The molecule has 2 rings (SSSR count). The van der Waals surface area contributed by atoms with Crippen LogP contribution >= 0.6 is 0 Å². The zero-order chi connectivity index (χ0) is 13.1. The summed E-state index contributed by atoms with van der Waals surface area (Å²) in [4.78, 5) is 25.7. The molecule has 0 aromatic heterocycles. The van der Waals surface area contributed by atoms with Crippen molar-refractivity contribution < 1.29 is 9.59 Å². The summed E-state index contributed by atoms with van der Waals surface area (Å²) in [5.41, 5.74) is 5.56. The van der Waals surface area contributed by atoms with Gasteiger partial charge in [0.25, 0.3) is 0 Å². The van der Waals surface area contributed by atoms with Gasteiger partial charge < -0.3 is 16.0 Å². The third-order valence-corrected chi connectivity index (χ3v) is 4.17. The van der Waals surface area contributed by atoms with Crippen LogP contribution in [0.4, 0.5) is 0 Å². The molecule has 0 radical (unpaired) electrons. The van der Waals surface area contributed by atoms with Gasteiger partial charge in [-0.3, -0.25) is 9.59 Å². The molecule has 2 saturated heterocycles. The molecule has 0 aromatic rings. The van der Waals surface area contributed by atoms with E-state index in [1.54, 1.807) is 0 Å².